The number of carbonyl (C=O) groups is 1. The van der Waals surface area contributed by atoms with E-state index in [2.05, 4.69) is 26.6 Å². The molecule has 0 spiro atoms. The smallest absolute Gasteiger partial charge is 0.319 e. The van der Waals surface area contributed by atoms with Crippen LogP contribution in [0.5, 0.6) is 0 Å². The van der Waals surface area contributed by atoms with Gasteiger partial charge in [-0.1, -0.05) is 45.2 Å². The van der Waals surface area contributed by atoms with Crippen molar-refractivity contribution >= 4 is 50.9 Å². The van der Waals surface area contributed by atoms with Crippen molar-refractivity contribution in [3.05, 3.63) is 62.5 Å². The molecular formula is C15H13BrCl2N2O. The van der Waals surface area contributed by atoms with Crippen molar-refractivity contribution in [3.8, 4) is 0 Å². The van der Waals surface area contributed by atoms with Gasteiger partial charge in [-0.25, -0.2) is 4.79 Å². The van der Waals surface area contributed by atoms with Gasteiger partial charge in [0.15, 0.2) is 0 Å². The molecule has 2 aromatic carbocycles. The molecular weight excluding hydrogens is 375 g/mol. The summed E-state index contributed by atoms with van der Waals surface area (Å²) in [5.41, 5.74) is 1.53. The van der Waals surface area contributed by atoms with Crippen molar-refractivity contribution in [1.29, 1.82) is 0 Å². The SMILES string of the molecule is C[C@@H](NC(=O)Nc1ccc(Br)cc1)c1ccc(Cl)cc1Cl. The van der Waals surface area contributed by atoms with E-state index in [0.717, 1.165) is 10.0 Å². The molecule has 0 aliphatic rings. The van der Waals surface area contributed by atoms with Crippen LogP contribution in [0.2, 0.25) is 10.0 Å². The van der Waals surface area contributed by atoms with Gasteiger partial charge in [-0.05, 0) is 48.9 Å². The zero-order valence-corrected chi connectivity index (χ0v) is 14.3. The normalized spacial score (nSPS) is 11.8. The molecule has 2 N–H and O–H groups in total. The van der Waals surface area contributed by atoms with E-state index in [0.29, 0.717) is 15.7 Å². The largest absolute Gasteiger partial charge is 0.331 e. The lowest BCUT2D eigenvalue weighted by Crippen LogP contribution is -2.31. The fraction of sp³-hybridized carbons (Fsp3) is 0.133. The van der Waals surface area contributed by atoms with Crippen LogP contribution in [-0.4, -0.2) is 6.03 Å². The molecule has 0 fully saturated rings. The molecule has 0 bridgehead atoms. The van der Waals surface area contributed by atoms with Gasteiger partial charge in [-0.2, -0.15) is 0 Å². The number of benzene rings is 2. The number of urea groups is 1. The van der Waals surface area contributed by atoms with Crippen LogP contribution in [0.1, 0.15) is 18.5 Å². The third-order valence-electron chi connectivity index (χ3n) is 2.88. The van der Waals surface area contributed by atoms with Gasteiger partial charge in [0.2, 0.25) is 0 Å². The standard InChI is InChI=1S/C15H13BrCl2N2O/c1-9(13-7-4-11(17)8-14(13)18)19-15(21)20-12-5-2-10(16)3-6-12/h2-9H,1H3,(H2,19,20,21)/t9-/m1/s1. The van der Waals surface area contributed by atoms with Crippen LogP contribution < -0.4 is 10.6 Å². The highest BCUT2D eigenvalue weighted by molar-refractivity contribution is 9.10. The van der Waals surface area contributed by atoms with Crippen molar-refractivity contribution < 1.29 is 4.79 Å². The first kappa shape index (κ1) is 16.1. The van der Waals surface area contributed by atoms with Gasteiger partial charge >= 0.3 is 6.03 Å². The minimum absolute atomic E-state index is 0.231. The summed E-state index contributed by atoms with van der Waals surface area (Å²) in [6.45, 7) is 1.86. The first-order valence-corrected chi connectivity index (χ1v) is 7.78. The van der Waals surface area contributed by atoms with Crippen molar-refractivity contribution in [3.63, 3.8) is 0 Å². The molecule has 110 valence electrons. The Labute approximate surface area is 141 Å². The lowest BCUT2D eigenvalue weighted by atomic mass is 10.1. The van der Waals surface area contributed by atoms with Gasteiger partial charge in [-0.3, -0.25) is 0 Å². The van der Waals surface area contributed by atoms with Crippen LogP contribution in [0.15, 0.2) is 46.9 Å². The zero-order chi connectivity index (χ0) is 15.4. The highest BCUT2D eigenvalue weighted by atomic mass is 79.9. The van der Waals surface area contributed by atoms with Crippen molar-refractivity contribution in [2.45, 2.75) is 13.0 Å². The molecule has 0 aromatic heterocycles. The van der Waals surface area contributed by atoms with E-state index in [1.54, 1.807) is 18.2 Å². The number of rotatable bonds is 3. The first-order chi connectivity index (χ1) is 9.95. The first-order valence-electron chi connectivity index (χ1n) is 6.24. The van der Waals surface area contributed by atoms with Crippen LogP contribution in [-0.2, 0) is 0 Å². The number of amides is 2. The molecule has 0 radical (unpaired) electrons. The highest BCUT2D eigenvalue weighted by Crippen LogP contribution is 2.26. The maximum atomic E-state index is 12.0. The zero-order valence-electron chi connectivity index (χ0n) is 11.2. The van der Waals surface area contributed by atoms with Gasteiger partial charge in [0.25, 0.3) is 0 Å². The fourth-order valence-electron chi connectivity index (χ4n) is 1.83. The molecule has 2 amide bonds. The van der Waals surface area contributed by atoms with Crippen molar-refractivity contribution in [2.24, 2.45) is 0 Å². The maximum Gasteiger partial charge on any atom is 0.319 e. The third-order valence-corrected chi connectivity index (χ3v) is 3.97. The van der Waals surface area contributed by atoms with Crippen molar-refractivity contribution in [2.75, 3.05) is 5.32 Å². The van der Waals surface area contributed by atoms with Crippen LogP contribution in [0.3, 0.4) is 0 Å². The third kappa shape index (κ3) is 4.63. The molecule has 2 aromatic rings. The van der Waals surface area contributed by atoms with E-state index < -0.39 is 0 Å². The summed E-state index contributed by atoms with van der Waals surface area (Å²) in [6.07, 6.45) is 0. The van der Waals surface area contributed by atoms with E-state index in [9.17, 15) is 4.79 Å². The second-order valence-corrected chi connectivity index (χ2v) is 6.25. The van der Waals surface area contributed by atoms with Gasteiger partial charge in [0.05, 0.1) is 6.04 Å². The number of halogens is 3. The number of anilines is 1. The van der Waals surface area contributed by atoms with Gasteiger partial charge < -0.3 is 10.6 Å². The Balaban J connectivity index is 2.00. The summed E-state index contributed by atoms with van der Waals surface area (Å²) in [4.78, 5) is 12.0. The van der Waals surface area contributed by atoms with Crippen LogP contribution in [0, 0.1) is 0 Å². The van der Waals surface area contributed by atoms with Gasteiger partial charge in [-0.15, -0.1) is 0 Å². The second-order valence-electron chi connectivity index (χ2n) is 4.49. The predicted octanol–water partition coefficient (Wildman–Crippen LogP) is 5.64. The Morgan fingerprint density at radius 3 is 2.43 bits per heavy atom. The minimum atomic E-state index is -0.296. The summed E-state index contributed by atoms with van der Waals surface area (Å²) >= 11 is 15.3. The molecule has 6 heteroatoms. The molecule has 0 aliphatic carbocycles. The molecule has 1 atom stereocenters. The molecule has 2 rings (SSSR count). The second kappa shape index (κ2) is 7.16. The molecule has 0 unspecified atom stereocenters. The molecule has 0 aliphatic heterocycles. The van der Waals surface area contributed by atoms with Crippen molar-refractivity contribution in [1.82, 2.24) is 5.32 Å². The number of hydrogen-bond acceptors (Lipinski definition) is 1. The topological polar surface area (TPSA) is 41.1 Å². The molecule has 21 heavy (non-hydrogen) atoms. The number of nitrogens with one attached hydrogen (secondary N) is 2. The minimum Gasteiger partial charge on any atom is -0.331 e. The van der Waals surface area contributed by atoms with E-state index >= 15 is 0 Å². The summed E-state index contributed by atoms with van der Waals surface area (Å²) in [6, 6.07) is 12.0. The Kier molecular flexibility index (Phi) is 5.51. The van der Waals surface area contributed by atoms with Crippen LogP contribution in [0.25, 0.3) is 0 Å². The monoisotopic (exact) mass is 386 g/mol. The summed E-state index contributed by atoms with van der Waals surface area (Å²) in [7, 11) is 0. The van der Waals surface area contributed by atoms with E-state index in [1.807, 2.05) is 31.2 Å². The quantitative estimate of drug-likeness (QED) is 0.702. The van der Waals surface area contributed by atoms with Gasteiger partial charge in [0, 0.05) is 20.2 Å². The Morgan fingerprint density at radius 2 is 1.81 bits per heavy atom. The van der Waals surface area contributed by atoms with E-state index in [4.69, 9.17) is 23.2 Å². The average molecular weight is 388 g/mol. The predicted molar refractivity (Wildman–Crippen MR) is 91.2 cm³/mol. The lowest BCUT2D eigenvalue weighted by Gasteiger charge is -2.16. The van der Waals surface area contributed by atoms with E-state index in [-0.39, 0.29) is 12.1 Å². The summed E-state index contributed by atoms with van der Waals surface area (Å²) in [5, 5.41) is 6.68. The summed E-state index contributed by atoms with van der Waals surface area (Å²) in [5.74, 6) is 0. The Hall–Kier alpha value is -1.23. The lowest BCUT2D eigenvalue weighted by molar-refractivity contribution is 0.249. The van der Waals surface area contributed by atoms with E-state index in [1.165, 1.54) is 0 Å². The van der Waals surface area contributed by atoms with Gasteiger partial charge in [0.1, 0.15) is 0 Å². The maximum absolute atomic E-state index is 12.0. The molecule has 0 saturated heterocycles. The Morgan fingerprint density at radius 1 is 1.14 bits per heavy atom. The van der Waals surface area contributed by atoms with Crippen LogP contribution in [0.4, 0.5) is 10.5 Å². The fourth-order valence-corrected chi connectivity index (χ4v) is 2.66. The average Bonchev–Trinajstić information content (AvgIpc) is 2.41. The molecule has 3 nitrogen and oxygen atoms in total. The molecule has 0 saturated carbocycles. The summed E-state index contributed by atoms with van der Waals surface area (Å²) < 4.78 is 0.953. The Bertz CT molecular complexity index is 647. The highest BCUT2D eigenvalue weighted by Gasteiger charge is 2.13. The number of hydrogen-bond donors (Lipinski definition) is 2. The number of carbonyl (C=O) groups excluding carboxylic acids is 1. The van der Waals surface area contributed by atoms with Crippen LogP contribution >= 0.6 is 39.1 Å². The molecule has 0 heterocycles.